The molecule has 0 aliphatic heterocycles. The number of amides is 6. The Balaban J connectivity index is 2.01. The van der Waals surface area contributed by atoms with E-state index in [1.807, 2.05) is 83.1 Å². The summed E-state index contributed by atoms with van der Waals surface area (Å²) in [6, 6.07) is 27.3. The summed E-state index contributed by atoms with van der Waals surface area (Å²) in [6.07, 6.45) is 1.76. The quantitative estimate of drug-likeness (QED) is 0.0354. The number of hydrogen-bond acceptors (Lipinski definition) is 12. The Morgan fingerprint density at radius 3 is 0.450 bits per heavy atom. The first-order chi connectivity index (χ1) is 64.6. The highest BCUT2D eigenvalue weighted by atomic mass is 16.5. The second-order valence-corrected chi connectivity index (χ2v) is 48.5. The summed E-state index contributed by atoms with van der Waals surface area (Å²) in [4.78, 5) is 99.8. The van der Waals surface area contributed by atoms with Crippen LogP contribution in [0.1, 0.15) is 398 Å². The van der Waals surface area contributed by atoms with Crippen molar-refractivity contribution < 1.29 is 57.2 Å². The smallest absolute Gasteiger partial charge is 0.260 e. The Kier molecular flexibility index (Phi) is 40.7. The minimum absolute atomic E-state index is 0.106. The topological polar surface area (TPSA) is 177 Å². The maximum atomic E-state index is 15.3. The Morgan fingerprint density at radius 1 is 0.193 bits per heavy atom. The van der Waals surface area contributed by atoms with Crippen molar-refractivity contribution in [2.75, 3.05) is 118 Å². The van der Waals surface area contributed by atoms with Gasteiger partial charge in [0.1, 0.15) is 34.5 Å². The van der Waals surface area contributed by atoms with Crippen molar-refractivity contribution in [3.05, 3.63) is 173 Å². The summed E-state index contributed by atoms with van der Waals surface area (Å²) in [5.41, 5.74) is 11.7. The molecule has 0 aromatic heterocycles. The lowest BCUT2D eigenvalue weighted by Gasteiger charge is -2.41. The number of ether oxygens (including phenoxy) is 6. The zero-order chi connectivity index (χ0) is 106. The van der Waals surface area contributed by atoms with Crippen molar-refractivity contribution in [3.8, 4) is 34.5 Å². The highest BCUT2D eigenvalue weighted by Gasteiger charge is 2.44. The van der Waals surface area contributed by atoms with Crippen LogP contribution in [0.25, 0.3) is 0 Å². The fourth-order valence-corrected chi connectivity index (χ4v) is 17.9. The predicted molar refractivity (Wildman–Crippen MR) is 582 cm³/mol. The maximum absolute atomic E-state index is 15.3. The molecule has 782 valence electrons. The summed E-state index contributed by atoms with van der Waals surface area (Å²) in [7, 11) is 0. The number of hydrogen-bond donors (Lipinski definition) is 0. The van der Waals surface area contributed by atoms with Crippen molar-refractivity contribution in [2.24, 2.45) is 32.5 Å². The van der Waals surface area contributed by atoms with Gasteiger partial charge in [0, 0.05) is 111 Å². The van der Waals surface area contributed by atoms with Crippen LogP contribution in [0, 0.1) is 39.4 Å². The summed E-state index contributed by atoms with van der Waals surface area (Å²) in [6.45, 7) is 101. The van der Waals surface area contributed by atoms with Crippen LogP contribution in [0.3, 0.4) is 0 Å². The molecule has 0 saturated heterocycles. The molecule has 0 saturated carbocycles. The molecule has 0 radical (unpaired) electrons. The van der Waals surface area contributed by atoms with Crippen molar-refractivity contribution in [1.29, 1.82) is 0 Å². The summed E-state index contributed by atoms with van der Waals surface area (Å²) in [5, 5.41) is 0. The van der Waals surface area contributed by atoms with E-state index in [4.69, 9.17) is 28.4 Å². The molecule has 0 unspecified atom stereocenters. The number of carbonyl (C=O) groups excluding carboxylic acids is 6. The summed E-state index contributed by atoms with van der Waals surface area (Å²) < 4.78 is 43.9. The van der Waals surface area contributed by atoms with E-state index < -0.39 is 21.7 Å². The molecule has 18 heteroatoms. The third-order valence-electron chi connectivity index (χ3n) is 34.2. The van der Waals surface area contributed by atoms with E-state index in [0.29, 0.717) is 126 Å². The van der Waals surface area contributed by atoms with E-state index >= 15 is 9.59 Å². The normalized spacial score (nSPS) is 12.9. The zero-order valence-electron chi connectivity index (χ0n) is 96.5. The molecule has 6 aromatic rings. The SMILES string of the molecule is CCc1cc(C(C)(C)C(C)(C)C)cc(Cc2cc(C(C)(C)C(C)(C)C)cc(Cc3cc(C(C)(C)C(C)(C)C)cc(Cc4cc(C(C)(C)C(C)(C)C)cc(Cc5cc(C(C)(C)C(C)(C)C)cc(Cc6cc(C(C)(C)C(C)(C)C)cc(C)c6OCC(=O)N(CC)CC)c5OCC(=O)N(CC)CC)c4OCC(=O)N(CC)CC)c3OCC(=O)N(CC)CC)c2OCC(=O)N(CC)CC)c1OCC(=O)N(CC)CC. The van der Waals surface area contributed by atoms with Crippen LogP contribution in [0.4, 0.5) is 0 Å². The van der Waals surface area contributed by atoms with Gasteiger partial charge in [-0.15, -0.1) is 0 Å². The van der Waals surface area contributed by atoms with Gasteiger partial charge in [-0.2, -0.15) is 0 Å². The molecule has 0 fully saturated rings. The van der Waals surface area contributed by atoms with Gasteiger partial charge in [-0.3, -0.25) is 28.8 Å². The Hall–Kier alpha value is -9.06. The first-order valence-corrected chi connectivity index (χ1v) is 52.9. The second kappa shape index (κ2) is 47.6. The lowest BCUT2D eigenvalue weighted by molar-refractivity contribution is -0.133. The van der Waals surface area contributed by atoms with Crippen molar-refractivity contribution in [2.45, 2.75) is 376 Å². The minimum atomic E-state index is -0.573. The van der Waals surface area contributed by atoms with E-state index in [1.165, 1.54) is 0 Å². The van der Waals surface area contributed by atoms with Crippen LogP contribution in [0.5, 0.6) is 34.5 Å². The van der Waals surface area contributed by atoms with Crippen LogP contribution in [-0.2, 0) is 99.8 Å². The molecule has 6 rings (SSSR count). The molecule has 0 heterocycles. The summed E-state index contributed by atoms with van der Waals surface area (Å²) in [5.74, 6) is 2.41. The van der Waals surface area contributed by atoms with Gasteiger partial charge in [-0.05, 0) is 262 Å². The first-order valence-electron chi connectivity index (χ1n) is 52.9. The van der Waals surface area contributed by atoms with Crippen molar-refractivity contribution in [1.82, 2.24) is 29.4 Å². The van der Waals surface area contributed by atoms with Gasteiger partial charge >= 0.3 is 0 Å². The molecule has 0 N–H and O–H groups in total. The number of rotatable bonds is 47. The molecule has 6 aromatic carbocycles. The van der Waals surface area contributed by atoms with Crippen molar-refractivity contribution >= 4 is 35.4 Å². The molecule has 18 nitrogen and oxygen atoms in total. The molecule has 6 amide bonds. The highest BCUT2D eigenvalue weighted by molar-refractivity contribution is 5.81. The van der Waals surface area contributed by atoms with Gasteiger partial charge < -0.3 is 57.8 Å². The molecule has 0 aliphatic rings. The van der Waals surface area contributed by atoms with Gasteiger partial charge in [-0.1, -0.05) is 287 Å². The standard InChI is InChI=1S/C122H192N6O12/c1-45-82-64-94(118(35,36)112(18,19)20)66-84(106(82)136-76-100(130)124(48-4)49-5)60-86-68-96(120(39,40)114(24,25)26)70-88(108(86)138-78-102(132)126(52-8)53-9)62-90-72-98(122(43,44)116(30,31)32)74-92(110(90)140-80-104(134)128(56-12)57-13)63-91-73-97(121(41,42)115(27,28)29)71-89(109(91)139-79-103(133)127(54-10)55-11)61-87-69-95(119(37,38)113(21,22)23)67-85(107(87)137-77-101(131)125(50-6)51-7)59-83-65-93(117(33,34)111(15,16)17)58-81(14)105(83)135-75-99(129)123(46-2)47-3/h58,64-74H,45-57,59-63,75-80H2,1-44H3. The average molecular weight is 1930 g/mol. The fourth-order valence-electron chi connectivity index (χ4n) is 17.9. The van der Waals surface area contributed by atoms with Gasteiger partial charge in [0.05, 0.1) is 0 Å². The third-order valence-corrected chi connectivity index (χ3v) is 34.2. The number of nitrogens with zero attached hydrogens (tertiary/aromatic N) is 6. The Bertz CT molecular complexity index is 5220. The number of likely N-dealkylation sites (N-methyl/N-ethyl adjacent to an activating group) is 6. The van der Waals surface area contributed by atoms with Gasteiger partial charge in [0.25, 0.3) is 35.4 Å². The maximum Gasteiger partial charge on any atom is 0.260 e. The molecule has 0 bridgehead atoms. The van der Waals surface area contributed by atoms with Crippen LogP contribution < -0.4 is 28.4 Å². The lowest BCUT2D eigenvalue weighted by atomic mass is 9.64. The average Bonchev–Trinajstić information content (AvgIpc) is 0.752. The monoisotopic (exact) mass is 1930 g/mol. The Labute approximate surface area is 850 Å². The third kappa shape index (κ3) is 27.5. The predicted octanol–water partition coefficient (Wildman–Crippen LogP) is 25.9. The molecule has 0 spiro atoms. The van der Waals surface area contributed by atoms with E-state index in [1.54, 1.807) is 29.4 Å². The van der Waals surface area contributed by atoms with Gasteiger partial charge in [-0.25, -0.2) is 0 Å². The summed E-state index contributed by atoms with van der Waals surface area (Å²) >= 11 is 0. The van der Waals surface area contributed by atoms with E-state index in [2.05, 4.69) is 294 Å². The van der Waals surface area contributed by atoms with Gasteiger partial charge in [0.2, 0.25) is 0 Å². The first kappa shape index (κ1) is 120. The minimum Gasteiger partial charge on any atom is -0.483 e. The Morgan fingerprint density at radius 2 is 0.314 bits per heavy atom. The molecule has 0 aliphatic carbocycles. The van der Waals surface area contributed by atoms with E-state index in [-0.39, 0.29) is 144 Å². The van der Waals surface area contributed by atoms with Crippen LogP contribution in [-0.4, -0.2) is 183 Å². The van der Waals surface area contributed by atoms with Gasteiger partial charge in [0.15, 0.2) is 39.6 Å². The number of benzene rings is 6. The molecule has 0 atom stereocenters. The van der Waals surface area contributed by atoms with E-state index in [9.17, 15) is 19.2 Å². The lowest BCUT2D eigenvalue weighted by Crippen LogP contribution is -2.36. The largest absolute Gasteiger partial charge is 0.483 e. The molecule has 140 heavy (non-hydrogen) atoms. The zero-order valence-corrected chi connectivity index (χ0v) is 96.5. The second-order valence-electron chi connectivity index (χ2n) is 48.5. The number of aryl methyl sites for hydroxylation is 2. The fraction of sp³-hybridized carbons (Fsp3) is 0.656. The number of carbonyl (C=O) groups is 6. The van der Waals surface area contributed by atoms with E-state index in [0.717, 1.165) is 100 Å². The molecular weight excluding hydrogens is 1740 g/mol. The van der Waals surface area contributed by atoms with Crippen LogP contribution >= 0.6 is 0 Å². The van der Waals surface area contributed by atoms with Crippen LogP contribution in [0.2, 0.25) is 0 Å². The van der Waals surface area contributed by atoms with Crippen molar-refractivity contribution in [3.63, 3.8) is 0 Å². The highest BCUT2D eigenvalue weighted by Crippen LogP contribution is 2.53. The molecular formula is C122H192N6O12. The van der Waals surface area contributed by atoms with Crippen LogP contribution in [0.15, 0.2) is 72.8 Å².